The van der Waals surface area contributed by atoms with Crippen LogP contribution in [-0.4, -0.2) is 10.3 Å². The average molecular weight is 522 g/mol. The fourth-order valence-corrected chi connectivity index (χ4v) is 5.28. The van der Waals surface area contributed by atoms with Crippen LogP contribution in [0.5, 0.6) is 0 Å². The van der Waals surface area contributed by atoms with E-state index in [4.69, 9.17) is 4.74 Å². The second-order valence-corrected chi connectivity index (χ2v) is 11.8. The maximum Gasteiger partial charge on any atom is 0.0855 e. The normalized spacial score (nSPS) is 17.3. The fraction of sp³-hybridized carbons (Fsp3) is 0.538. The molecule has 0 heterocycles. The highest BCUT2D eigenvalue weighted by Crippen LogP contribution is 2.42. The van der Waals surface area contributed by atoms with Crippen LogP contribution >= 0.6 is 31.9 Å². The molecule has 1 aliphatic carbocycles. The predicted molar refractivity (Wildman–Crippen MR) is 131 cm³/mol. The molecule has 2 atom stereocenters. The number of aryl methyl sites for hydroxylation is 1. The zero-order valence-corrected chi connectivity index (χ0v) is 20.5. The van der Waals surface area contributed by atoms with Crippen molar-refractivity contribution in [1.29, 1.82) is 0 Å². The standard InChI is InChI=1S/C26H34Br2O/c27-25(28)19-18-24(22-14-6-2-7-15-22)26(23-16-8-3-9-17-23)29-20-10-13-21-11-4-1-5-12-21/h1,3-5,8-9,11-12,16-17,22,24-26H,2,6-7,10,13-15,18-20H2. The summed E-state index contributed by atoms with van der Waals surface area (Å²) in [6, 6.07) is 21.7. The number of hydrogen-bond donors (Lipinski definition) is 0. The molecule has 1 saturated carbocycles. The molecule has 1 fully saturated rings. The Morgan fingerprint density at radius 2 is 1.48 bits per heavy atom. The maximum absolute atomic E-state index is 6.67. The number of alkyl halides is 2. The summed E-state index contributed by atoms with van der Waals surface area (Å²) in [5.41, 5.74) is 2.75. The van der Waals surface area contributed by atoms with Crippen LogP contribution in [0.3, 0.4) is 0 Å². The number of rotatable bonds is 11. The van der Waals surface area contributed by atoms with Gasteiger partial charge in [-0.15, -0.1) is 0 Å². The smallest absolute Gasteiger partial charge is 0.0855 e. The van der Waals surface area contributed by atoms with Gasteiger partial charge in [-0.1, -0.05) is 125 Å². The molecule has 2 aromatic carbocycles. The molecule has 0 aliphatic heterocycles. The van der Waals surface area contributed by atoms with Crippen LogP contribution in [0.4, 0.5) is 0 Å². The van der Waals surface area contributed by atoms with Crippen molar-refractivity contribution in [1.82, 2.24) is 0 Å². The summed E-state index contributed by atoms with van der Waals surface area (Å²) in [6.07, 6.45) is 11.6. The van der Waals surface area contributed by atoms with Crippen molar-refractivity contribution in [2.45, 2.75) is 67.6 Å². The van der Waals surface area contributed by atoms with Crippen LogP contribution < -0.4 is 0 Å². The first-order chi connectivity index (χ1) is 14.2. The van der Waals surface area contributed by atoms with Gasteiger partial charge in [-0.05, 0) is 48.6 Å². The van der Waals surface area contributed by atoms with Gasteiger partial charge in [0.25, 0.3) is 0 Å². The molecule has 3 rings (SSSR count). The van der Waals surface area contributed by atoms with Gasteiger partial charge in [0.1, 0.15) is 0 Å². The van der Waals surface area contributed by atoms with Crippen molar-refractivity contribution >= 4 is 31.9 Å². The van der Waals surface area contributed by atoms with Gasteiger partial charge in [0.2, 0.25) is 0 Å². The third-order valence-corrected chi connectivity index (χ3v) is 7.16. The second kappa shape index (κ2) is 12.9. The molecule has 0 N–H and O–H groups in total. The lowest BCUT2D eigenvalue weighted by Crippen LogP contribution is -2.27. The van der Waals surface area contributed by atoms with Crippen molar-refractivity contribution in [3.8, 4) is 0 Å². The summed E-state index contributed by atoms with van der Waals surface area (Å²) in [6.45, 7) is 0.823. The van der Waals surface area contributed by atoms with E-state index < -0.39 is 0 Å². The van der Waals surface area contributed by atoms with Crippen LogP contribution in [0.1, 0.15) is 68.6 Å². The number of halogens is 2. The molecule has 0 amide bonds. The highest BCUT2D eigenvalue weighted by atomic mass is 79.9. The summed E-state index contributed by atoms with van der Waals surface area (Å²) < 4.78 is 7.05. The fourth-order valence-electron chi connectivity index (χ4n) is 4.76. The van der Waals surface area contributed by atoms with Gasteiger partial charge < -0.3 is 4.74 Å². The molecule has 2 aromatic rings. The zero-order chi connectivity index (χ0) is 20.3. The Kier molecular flexibility index (Phi) is 10.3. The molecule has 0 saturated heterocycles. The molecular formula is C26H34Br2O. The van der Waals surface area contributed by atoms with E-state index in [1.807, 2.05) is 0 Å². The van der Waals surface area contributed by atoms with Crippen LogP contribution in [0, 0.1) is 11.8 Å². The Bertz CT molecular complexity index is 668. The molecule has 0 radical (unpaired) electrons. The third-order valence-electron chi connectivity index (χ3n) is 6.24. The van der Waals surface area contributed by atoms with E-state index in [-0.39, 0.29) is 6.10 Å². The molecule has 0 bridgehead atoms. The Morgan fingerprint density at radius 1 is 0.828 bits per heavy atom. The lowest BCUT2D eigenvalue weighted by atomic mass is 9.74. The van der Waals surface area contributed by atoms with Crippen molar-refractivity contribution in [2.75, 3.05) is 6.61 Å². The molecule has 1 nitrogen and oxygen atoms in total. The Morgan fingerprint density at radius 3 is 2.14 bits per heavy atom. The molecule has 2 unspecified atom stereocenters. The first-order valence-electron chi connectivity index (χ1n) is 11.2. The number of hydrogen-bond acceptors (Lipinski definition) is 1. The van der Waals surface area contributed by atoms with Gasteiger partial charge in [0.05, 0.1) is 9.84 Å². The van der Waals surface area contributed by atoms with Crippen molar-refractivity contribution in [3.63, 3.8) is 0 Å². The van der Waals surface area contributed by atoms with E-state index in [9.17, 15) is 0 Å². The van der Waals surface area contributed by atoms with E-state index in [0.29, 0.717) is 9.65 Å². The number of ether oxygens (including phenoxy) is 1. The summed E-state index contributed by atoms with van der Waals surface area (Å²) in [7, 11) is 0. The van der Waals surface area contributed by atoms with Crippen molar-refractivity contribution < 1.29 is 4.74 Å². The van der Waals surface area contributed by atoms with Gasteiger partial charge in [0.15, 0.2) is 0 Å². The van der Waals surface area contributed by atoms with Crippen LogP contribution in [0.2, 0.25) is 0 Å². The summed E-state index contributed by atoms with van der Waals surface area (Å²) >= 11 is 7.40. The lowest BCUT2D eigenvalue weighted by molar-refractivity contribution is -0.0205. The monoisotopic (exact) mass is 520 g/mol. The molecule has 0 aromatic heterocycles. The molecule has 158 valence electrons. The van der Waals surface area contributed by atoms with E-state index >= 15 is 0 Å². The topological polar surface area (TPSA) is 9.23 Å². The molecule has 1 aliphatic rings. The van der Waals surface area contributed by atoms with Crippen LogP contribution in [-0.2, 0) is 11.2 Å². The van der Waals surface area contributed by atoms with Crippen LogP contribution in [0.25, 0.3) is 0 Å². The Balaban J connectivity index is 1.68. The summed E-state index contributed by atoms with van der Waals surface area (Å²) in [4.78, 5) is 0. The average Bonchev–Trinajstić information content (AvgIpc) is 2.77. The Labute approximate surface area is 193 Å². The van der Waals surface area contributed by atoms with Gasteiger partial charge in [-0.25, -0.2) is 0 Å². The van der Waals surface area contributed by atoms with Gasteiger partial charge >= 0.3 is 0 Å². The molecule has 29 heavy (non-hydrogen) atoms. The zero-order valence-electron chi connectivity index (χ0n) is 17.3. The minimum Gasteiger partial charge on any atom is -0.373 e. The minimum absolute atomic E-state index is 0.203. The van der Waals surface area contributed by atoms with Crippen molar-refractivity contribution in [2.24, 2.45) is 11.8 Å². The summed E-state index contributed by atoms with van der Waals surface area (Å²) in [5, 5.41) is 0. The van der Waals surface area contributed by atoms with E-state index in [2.05, 4.69) is 92.5 Å². The second-order valence-electron chi connectivity index (χ2n) is 8.32. The maximum atomic E-state index is 6.67. The van der Waals surface area contributed by atoms with Gasteiger partial charge in [-0.2, -0.15) is 0 Å². The van der Waals surface area contributed by atoms with E-state index in [1.165, 1.54) is 49.7 Å². The first kappa shape index (κ1) is 23.0. The van der Waals surface area contributed by atoms with E-state index in [0.717, 1.165) is 31.8 Å². The predicted octanol–water partition coefficient (Wildman–Crippen LogP) is 8.47. The highest BCUT2D eigenvalue weighted by molar-refractivity contribution is 9.24. The highest BCUT2D eigenvalue weighted by Gasteiger charge is 2.32. The van der Waals surface area contributed by atoms with Gasteiger partial charge in [0, 0.05) is 6.61 Å². The SMILES string of the molecule is BrC(Br)CCC(C1CCCCC1)C(OCCCc1ccccc1)c1ccccc1. The quantitative estimate of drug-likeness (QED) is 0.213. The molecule has 3 heteroatoms. The van der Waals surface area contributed by atoms with E-state index in [1.54, 1.807) is 0 Å². The van der Waals surface area contributed by atoms with Crippen molar-refractivity contribution in [3.05, 3.63) is 71.8 Å². The summed E-state index contributed by atoms with van der Waals surface area (Å²) in [5.74, 6) is 1.37. The largest absolute Gasteiger partial charge is 0.373 e. The number of benzene rings is 2. The molecule has 0 spiro atoms. The lowest BCUT2D eigenvalue weighted by Gasteiger charge is -2.36. The Hall–Kier alpha value is -0.640. The molecular weight excluding hydrogens is 488 g/mol. The van der Waals surface area contributed by atoms with Crippen LogP contribution in [0.15, 0.2) is 60.7 Å². The van der Waals surface area contributed by atoms with Gasteiger partial charge in [-0.3, -0.25) is 0 Å². The first-order valence-corrected chi connectivity index (χ1v) is 13.1. The third kappa shape index (κ3) is 7.84. The minimum atomic E-state index is 0.203.